The first-order chi connectivity index (χ1) is 8.97. The molecule has 0 bridgehead atoms. The van der Waals surface area contributed by atoms with Gasteiger partial charge in [0.15, 0.2) is 6.10 Å². The van der Waals surface area contributed by atoms with Gasteiger partial charge in [0.2, 0.25) is 0 Å². The Bertz CT molecular complexity index is 492. The van der Waals surface area contributed by atoms with Crippen molar-refractivity contribution in [1.82, 2.24) is 0 Å². The second-order valence-electron chi connectivity index (χ2n) is 4.96. The smallest absolute Gasteiger partial charge is 0.260 e. The molecule has 1 aromatic rings. The number of thioether (sulfide) groups is 1. The molecule has 1 N–H and O–H groups in total. The zero-order valence-corrected chi connectivity index (χ0v) is 12.6. The molecule has 1 heterocycles. The third-order valence-corrected chi connectivity index (χ3v) is 4.53. The van der Waals surface area contributed by atoms with Crippen LogP contribution in [0.4, 0.5) is 11.4 Å². The quantitative estimate of drug-likeness (QED) is 0.914. The van der Waals surface area contributed by atoms with Crippen LogP contribution >= 0.6 is 11.8 Å². The van der Waals surface area contributed by atoms with Crippen molar-refractivity contribution in [3.05, 3.63) is 23.8 Å². The fourth-order valence-electron chi connectivity index (χ4n) is 2.32. The normalized spacial score (nSPS) is 19.5. The molecule has 1 aromatic carbocycles. The summed E-state index contributed by atoms with van der Waals surface area (Å²) in [7, 11) is 3.75. The van der Waals surface area contributed by atoms with Gasteiger partial charge in [-0.3, -0.25) is 4.79 Å². The number of benzene rings is 1. The lowest BCUT2D eigenvalue weighted by atomic mass is 10.1. The summed E-state index contributed by atoms with van der Waals surface area (Å²) in [5.74, 6) is 0.789. The lowest BCUT2D eigenvalue weighted by Gasteiger charge is -2.27. The van der Waals surface area contributed by atoms with Gasteiger partial charge in [-0.15, -0.1) is 0 Å². The number of carbonyl (C=O) groups excluding carboxylic acids is 1. The first-order valence-electron chi connectivity index (χ1n) is 6.28. The number of hydrogen-bond donors (Lipinski definition) is 1. The Morgan fingerprint density at radius 1 is 1.53 bits per heavy atom. The zero-order chi connectivity index (χ0) is 14.2. The lowest BCUT2D eigenvalue weighted by Crippen LogP contribution is -2.30. The second-order valence-corrected chi connectivity index (χ2v) is 5.87. The van der Waals surface area contributed by atoms with Gasteiger partial charge in [-0.1, -0.05) is 6.07 Å². The fourth-order valence-corrected chi connectivity index (χ4v) is 3.02. The molecule has 1 aliphatic heterocycles. The molecule has 2 unspecified atom stereocenters. The highest BCUT2D eigenvalue weighted by molar-refractivity contribution is 7.98. The van der Waals surface area contributed by atoms with Crippen molar-refractivity contribution >= 4 is 29.0 Å². The van der Waals surface area contributed by atoms with E-state index in [4.69, 9.17) is 0 Å². The summed E-state index contributed by atoms with van der Waals surface area (Å²) < 4.78 is 0. The predicted octanol–water partition coefficient (Wildman–Crippen LogP) is 1.88. The van der Waals surface area contributed by atoms with Crippen molar-refractivity contribution in [3.63, 3.8) is 0 Å². The van der Waals surface area contributed by atoms with Crippen LogP contribution in [0.25, 0.3) is 0 Å². The molecule has 0 aliphatic carbocycles. The van der Waals surface area contributed by atoms with E-state index in [9.17, 15) is 9.90 Å². The van der Waals surface area contributed by atoms with Gasteiger partial charge < -0.3 is 14.9 Å². The Kier molecular flexibility index (Phi) is 4.06. The van der Waals surface area contributed by atoms with Gasteiger partial charge in [0.1, 0.15) is 0 Å². The molecule has 0 saturated heterocycles. The highest BCUT2D eigenvalue weighted by Gasteiger charge is 2.33. The van der Waals surface area contributed by atoms with Crippen molar-refractivity contribution in [2.24, 2.45) is 0 Å². The number of hydrogen-bond acceptors (Lipinski definition) is 4. The molecule has 2 rings (SSSR count). The molecule has 0 fully saturated rings. The minimum Gasteiger partial charge on any atom is -0.378 e. The molecule has 2 atom stereocenters. The lowest BCUT2D eigenvalue weighted by molar-refractivity contribution is -0.125. The number of aliphatic hydroxyl groups is 1. The van der Waals surface area contributed by atoms with Crippen LogP contribution in [0.3, 0.4) is 0 Å². The highest BCUT2D eigenvalue weighted by atomic mass is 32.2. The van der Waals surface area contributed by atoms with Gasteiger partial charge in [-0.2, -0.15) is 11.8 Å². The van der Waals surface area contributed by atoms with E-state index < -0.39 is 6.10 Å². The minimum absolute atomic E-state index is 0.257. The molecule has 104 valence electrons. The zero-order valence-electron chi connectivity index (χ0n) is 11.8. The van der Waals surface area contributed by atoms with Crippen LogP contribution in [-0.4, -0.2) is 43.2 Å². The van der Waals surface area contributed by atoms with Crippen molar-refractivity contribution < 1.29 is 9.90 Å². The number of rotatable bonds is 4. The first kappa shape index (κ1) is 14.2. The van der Waals surface area contributed by atoms with E-state index in [0.717, 1.165) is 17.1 Å². The molecule has 0 spiro atoms. The van der Waals surface area contributed by atoms with E-state index in [2.05, 4.69) is 25.1 Å². The highest BCUT2D eigenvalue weighted by Crippen LogP contribution is 2.37. The van der Waals surface area contributed by atoms with Crippen molar-refractivity contribution in [3.8, 4) is 0 Å². The SMILES string of the molecule is CSCC(C)N(C)c1ccc2c(c1)N(C)C(=O)C2O. The largest absolute Gasteiger partial charge is 0.378 e. The van der Waals surface area contributed by atoms with Gasteiger partial charge in [-0.25, -0.2) is 0 Å². The molecular weight excluding hydrogens is 260 g/mol. The van der Waals surface area contributed by atoms with Crippen molar-refractivity contribution in [1.29, 1.82) is 0 Å². The van der Waals surface area contributed by atoms with Gasteiger partial charge in [0, 0.05) is 37.1 Å². The van der Waals surface area contributed by atoms with Crippen LogP contribution in [0.1, 0.15) is 18.6 Å². The third-order valence-electron chi connectivity index (χ3n) is 3.71. The Hall–Kier alpha value is -1.20. The van der Waals surface area contributed by atoms with Gasteiger partial charge in [-0.05, 0) is 25.3 Å². The monoisotopic (exact) mass is 280 g/mol. The Morgan fingerprint density at radius 3 is 2.84 bits per heavy atom. The molecular formula is C14H20N2O2S. The number of anilines is 2. The summed E-state index contributed by atoms with van der Waals surface area (Å²) in [5.41, 5.74) is 2.56. The predicted molar refractivity (Wildman–Crippen MR) is 81.1 cm³/mol. The van der Waals surface area contributed by atoms with E-state index in [0.29, 0.717) is 11.6 Å². The third kappa shape index (κ3) is 2.44. The number of nitrogens with zero attached hydrogens (tertiary/aromatic N) is 2. The summed E-state index contributed by atoms with van der Waals surface area (Å²) in [6, 6.07) is 6.20. The van der Waals surface area contributed by atoms with Crippen LogP contribution in [0.15, 0.2) is 18.2 Å². The molecule has 1 aliphatic rings. The van der Waals surface area contributed by atoms with Gasteiger partial charge in [0.05, 0.1) is 5.69 Å². The van der Waals surface area contributed by atoms with E-state index in [1.54, 1.807) is 7.05 Å². The van der Waals surface area contributed by atoms with E-state index in [-0.39, 0.29) is 5.91 Å². The van der Waals surface area contributed by atoms with E-state index in [1.165, 1.54) is 4.90 Å². The Balaban J connectivity index is 2.30. The van der Waals surface area contributed by atoms with Crippen molar-refractivity contribution in [2.45, 2.75) is 19.1 Å². The van der Waals surface area contributed by atoms with Crippen LogP contribution in [-0.2, 0) is 4.79 Å². The fraction of sp³-hybridized carbons (Fsp3) is 0.500. The molecule has 19 heavy (non-hydrogen) atoms. The van der Waals surface area contributed by atoms with E-state index >= 15 is 0 Å². The second kappa shape index (κ2) is 5.43. The maximum absolute atomic E-state index is 11.7. The van der Waals surface area contributed by atoms with Crippen LogP contribution in [0, 0.1) is 0 Å². The first-order valence-corrected chi connectivity index (χ1v) is 7.68. The standard InChI is InChI=1S/C14H20N2O2S/c1-9(8-19-4)15(2)10-5-6-11-12(7-10)16(3)14(18)13(11)17/h5-7,9,13,17H,8H2,1-4H3. The van der Waals surface area contributed by atoms with Gasteiger partial charge in [0.25, 0.3) is 5.91 Å². The number of carbonyl (C=O) groups is 1. The topological polar surface area (TPSA) is 43.8 Å². The average Bonchev–Trinajstić information content (AvgIpc) is 2.63. The minimum atomic E-state index is -1.01. The van der Waals surface area contributed by atoms with Crippen LogP contribution in [0.2, 0.25) is 0 Å². The number of likely N-dealkylation sites (N-methyl/N-ethyl adjacent to an activating group) is 1. The Labute approximate surface area is 118 Å². The number of aliphatic hydroxyl groups excluding tert-OH is 1. The van der Waals surface area contributed by atoms with Crippen LogP contribution < -0.4 is 9.80 Å². The molecule has 4 nitrogen and oxygen atoms in total. The summed E-state index contributed by atoms with van der Waals surface area (Å²) in [6.07, 6.45) is 1.08. The summed E-state index contributed by atoms with van der Waals surface area (Å²) in [5, 5.41) is 9.84. The molecule has 0 aromatic heterocycles. The maximum Gasteiger partial charge on any atom is 0.260 e. The van der Waals surface area contributed by atoms with Crippen molar-refractivity contribution in [2.75, 3.05) is 35.9 Å². The summed E-state index contributed by atoms with van der Waals surface area (Å²) in [4.78, 5) is 15.5. The Morgan fingerprint density at radius 2 is 2.21 bits per heavy atom. The number of amides is 1. The summed E-state index contributed by atoms with van der Waals surface area (Å²) >= 11 is 1.81. The molecule has 0 saturated carbocycles. The van der Waals surface area contributed by atoms with Crippen LogP contribution in [0.5, 0.6) is 0 Å². The molecule has 0 radical (unpaired) electrons. The van der Waals surface area contributed by atoms with E-state index in [1.807, 2.05) is 30.0 Å². The summed E-state index contributed by atoms with van der Waals surface area (Å²) in [6.45, 7) is 2.17. The molecule has 1 amide bonds. The number of fused-ring (bicyclic) bond motifs is 1. The average molecular weight is 280 g/mol. The maximum atomic E-state index is 11.7. The molecule has 5 heteroatoms. The van der Waals surface area contributed by atoms with Gasteiger partial charge >= 0.3 is 0 Å².